The summed E-state index contributed by atoms with van der Waals surface area (Å²) < 4.78 is 14.4. The number of allylic oxidation sites excluding steroid dienone is 2. The summed E-state index contributed by atoms with van der Waals surface area (Å²) in [4.78, 5) is 14.1. The van der Waals surface area contributed by atoms with Crippen molar-refractivity contribution >= 4 is 5.57 Å². The van der Waals surface area contributed by atoms with Gasteiger partial charge in [0.05, 0.1) is 0 Å². The minimum absolute atomic E-state index is 0.0526. The third kappa shape index (κ3) is 3.08. The van der Waals surface area contributed by atoms with E-state index in [1.807, 2.05) is 12.1 Å². The number of aromatic nitrogens is 1. The monoisotopic (exact) mass is 325 g/mol. The lowest BCUT2D eigenvalue weighted by Gasteiger charge is -2.33. The smallest absolute Gasteiger partial charge is 0.248 e. The molecule has 1 aromatic heterocycles. The van der Waals surface area contributed by atoms with Gasteiger partial charge in [-0.15, -0.1) is 0 Å². The molecule has 1 heterocycles. The molecule has 1 aliphatic rings. The number of rotatable bonds is 3. The van der Waals surface area contributed by atoms with Crippen LogP contribution >= 0.6 is 0 Å². The largest absolute Gasteiger partial charge is 0.326 e. The van der Waals surface area contributed by atoms with Crippen LogP contribution in [0.3, 0.4) is 0 Å². The Bertz CT molecular complexity index is 845. The maximum Gasteiger partial charge on any atom is 0.248 e. The van der Waals surface area contributed by atoms with E-state index < -0.39 is 5.82 Å². The summed E-state index contributed by atoms with van der Waals surface area (Å²) in [6.45, 7) is 6.61. The lowest BCUT2D eigenvalue weighted by Crippen LogP contribution is -2.18. The second-order valence-corrected chi connectivity index (χ2v) is 7.19. The Labute approximate surface area is 142 Å². The summed E-state index contributed by atoms with van der Waals surface area (Å²) in [6.07, 6.45) is 7.71. The van der Waals surface area contributed by atoms with Crippen LogP contribution in [0, 0.1) is 11.2 Å². The molecule has 0 amide bonds. The Hall–Kier alpha value is -2.16. The summed E-state index contributed by atoms with van der Waals surface area (Å²) in [5.74, 6) is -0.394. The van der Waals surface area contributed by atoms with Gasteiger partial charge in [0.25, 0.3) is 0 Å². The fraction of sp³-hybridized carbons (Fsp3) is 0.381. The van der Waals surface area contributed by atoms with Crippen molar-refractivity contribution < 1.29 is 4.39 Å². The molecular formula is C21H24FNO. The van der Waals surface area contributed by atoms with E-state index in [2.05, 4.69) is 37.9 Å². The van der Waals surface area contributed by atoms with Gasteiger partial charge < -0.3 is 4.98 Å². The van der Waals surface area contributed by atoms with Crippen molar-refractivity contribution in [3.05, 3.63) is 63.8 Å². The Morgan fingerprint density at radius 2 is 1.96 bits per heavy atom. The van der Waals surface area contributed by atoms with E-state index in [-0.39, 0.29) is 11.0 Å². The predicted octanol–water partition coefficient (Wildman–Crippen LogP) is 5.34. The molecule has 1 N–H and O–H groups in total. The van der Waals surface area contributed by atoms with Crippen molar-refractivity contribution in [3.63, 3.8) is 0 Å². The van der Waals surface area contributed by atoms with E-state index in [1.165, 1.54) is 23.6 Å². The number of hydrogen-bond donors (Lipinski definition) is 1. The van der Waals surface area contributed by atoms with Gasteiger partial charge in [-0.1, -0.05) is 45.0 Å². The highest BCUT2D eigenvalue weighted by Crippen LogP contribution is 2.45. The molecule has 1 aliphatic carbocycles. The molecule has 126 valence electrons. The highest BCUT2D eigenvalue weighted by Gasteiger charge is 2.29. The molecule has 2 nitrogen and oxygen atoms in total. The standard InChI is InChI=1S/C21H24FNO/c1-4-14-8-9-15(17-12-20(24)23-13-19(17)22)16(11-14)18-7-5-6-10-21(18,2)3/h7-9,11-13H,4-6,10H2,1-3H3,(H,23,24). The minimum Gasteiger partial charge on any atom is -0.326 e. The lowest BCUT2D eigenvalue weighted by atomic mass is 9.71. The van der Waals surface area contributed by atoms with Crippen molar-refractivity contribution in [3.8, 4) is 11.1 Å². The topological polar surface area (TPSA) is 32.9 Å². The van der Waals surface area contributed by atoms with Crippen LogP contribution < -0.4 is 5.56 Å². The second kappa shape index (κ2) is 6.39. The van der Waals surface area contributed by atoms with Crippen LogP contribution in [0.25, 0.3) is 16.7 Å². The summed E-state index contributed by atoms with van der Waals surface area (Å²) >= 11 is 0. The van der Waals surface area contributed by atoms with Crippen molar-refractivity contribution in [1.29, 1.82) is 0 Å². The van der Waals surface area contributed by atoms with Crippen LogP contribution in [-0.4, -0.2) is 4.98 Å². The number of benzene rings is 1. The summed E-state index contributed by atoms with van der Waals surface area (Å²) in [5, 5.41) is 0. The Morgan fingerprint density at radius 3 is 2.67 bits per heavy atom. The van der Waals surface area contributed by atoms with E-state index >= 15 is 0 Å². The van der Waals surface area contributed by atoms with Gasteiger partial charge in [0, 0.05) is 17.8 Å². The maximum atomic E-state index is 14.4. The summed E-state index contributed by atoms with van der Waals surface area (Å²) in [7, 11) is 0. The quantitative estimate of drug-likeness (QED) is 0.812. The fourth-order valence-corrected chi connectivity index (χ4v) is 3.61. The average Bonchev–Trinajstić information content (AvgIpc) is 2.56. The van der Waals surface area contributed by atoms with Crippen molar-refractivity contribution in [1.82, 2.24) is 4.98 Å². The molecule has 0 spiro atoms. The third-order valence-corrected chi connectivity index (χ3v) is 5.03. The Kier molecular flexibility index (Phi) is 4.44. The molecule has 0 bridgehead atoms. The van der Waals surface area contributed by atoms with Gasteiger partial charge in [-0.05, 0) is 53.4 Å². The highest BCUT2D eigenvalue weighted by atomic mass is 19.1. The fourth-order valence-electron chi connectivity index (χ4n) is 3.61. The van der Waals surface area contributed by atoms with Gasteiger partial charge in [-0.2, -0.15) is 0 Å². The van der Waals surface area contributed by atoms with Gasteiger partial charge in [-0.3, -0.25) is 4.79 Å². The molecule has 3 heteroatoms. The number of halogens is 1. The first kappa shape index (κ1) is 16.7. The van der Waals surface area contributed by atoms with Crippen molar-refractivity contribution in [2.45, 2.75) is 46.5 Å². The van der Waals surface area contributed by atoms with E-state index in [9.17, 15) is 9.18 Å². The molecule has 0 aliphatic heterocycles. The molecule has 0 saturated heterocycles. The summed E-state index contributed by atoms with van der Waals surface area (Å²) in [6, 6.07) is 7.50. The zero-order valence-electron chi connectivity index (χ0n) is 14.6. The number of nitrogens with one attached hydrogen (secondary N) is 1. The van der Waals surface area contributed by atoms with Gasteiger partial charge in [0.1, 0.15) is 5.82 Å². The normalized spacial score (nSPS) is 16.8. The van der Waals surface area contributed by atoms with Gasteiger partial charge in [0.15, 0.2) is 0 Å². The Balaban J connectivity index is 2.26. The van der Waals surface area contributed by atoms with Gasteiger partial charge >= 0.3 is 0 Å². The van der Waals surface area contributed by atoms with E-state index in [4.69, 9.17) is 0 Å². The van der Waals surface area contributed by atoms with Crippen LogP contribution in [0.4, 0.5) is 4.39 Å². The predicted molar refractivity (Wildman–Crippen MR) is 97.4 cm³/mol. The molecule has 0 radical (unpaired) electrons. The van der Waals surface area contributed by atoms with E-state index in [0.717, 1.165) is 36.6 Å². The zero-order valence-corrected chi connectivity index (χ0v) is 14.6. The van der Waals surface area contributed by atoms with E-state index in [1.54, 1.807) is 0 Å². The molecular weight excluding hydrogens is 301 g/mol. The SMILES string of the molecule is CCc1ccc(-c2cc(=O)[nH]cc2F)c(C2=CCCCC2(C)C)c1. The van der Waals surface area contributed by atoms with Gasteiger partial charge in [-0.25, -0.2) is 4.39 Å². The molecule has 0 saturated carbocycles. The summed E-state index contributed by atoms with van der Waals surface area (Å²) in [5.41, 5.74) is 4.49. The number of H-pyrrole nitrogens is 1. The van der Waals surface area contributed by atoms with Crippen LogP contribution in [0.2, 0.25) is 0 Å². The van der Waals surface area contributed by atoms with Crippen molar-refractivity contribution in [2.24, 2.45) is 5.41 Å². The second-order valence-electron chi connectivity index (χ2n) is 7.19. The average molecular weight is 325 g/mol. The highest BCUT2D eigenvalue weighted by molar-refractivity contribution is 5.84. The lowest BCUT2D eigenvalue weighted by molar-refractivity contribution is 0.425. The van der Waals surface area contributed by atoms with Crippen molar-refractivity contribution in [2.75, 3.05) is 0 Å². The molecule has 3 rings (SSSR count). The van der Waals surface area contributed by atoms with E-state index in [0.29, 0.717) is 5.56 Å². The van der Waals surface area contributed by atoms with Crippen LogP contribution in [0.5, 0.6) is 0 Å². The zero-order chi connectivity index (χ0) is 17.3. The number of hydrogen-bond acceptors (Lipinski definition) is 1. The Morgan fingerprint density at radius 1 is 1.17 bits per heavy atom. The molecule has 1 aromatic carbocycles. The van der Waals surface area contributed by atoms with Crippen LogP contribution in [0.1, 0.15) is 51.2 Å². The first-order valence-electron chi connectivity index (χ1n) is 8.65. The molecule has 0 atom stereocenters. The minimum atomic E-state index is -0.394. The maximum absolute atomic E-state index is 14.4. The molecule has 2 aromatic rings. The number of aromatic amines is 1. The first-order valence-corrected chi connectivity index (χ1v) is 8.65. The number of aryl methyl sites for hydroxylation is 1. The molecule has 0 unspecified atom stereocenters. The van der Waals surface area contributed by atoms with Crippen LogP contribution in [-0.2, 0) is 6.42 Å². The van der Waals surface area contributed by atoms with Crippen LogP contribution in [0.15, 0.2) is 41.3 Å². The third-order valence-electron chi connectivity index (χ3n) is 5.03. The van der Waals surface area contributed by atoms with Gasteiger partial charge in [0.2, 0.25) is 5.56 Å². The first-order chi connectivity index (χ1) is 11.4. The molecule has 24 heavy (non-hydrogen) atoms. The number of pyridine rings is 1. The molecule has 0 fully saturated rings.